The maximum atomic E-state index is 12.1. The van der Waals surface area contributed by atoms with E-state index in [1.807, 2.05) is 0 Å². The number of H-pyrrole nitrogens is 1. The fourth-order valence-electron chi connectivity index (χ4n) is 1.01. The summed E-state index contributed by atoms with van der Waals surface area (Å²) >= 11 is 0. The maximum absolute atomic E-state index is 12.1. The largest absolute Gasteiger partial charge is 0.471 e. The van der Waals surface area contributed by atoms with Crippen LogP contribution in [0.1, 0.15) is 5.89 Å². The number of hydrogen-bond acceptors (Lipinski definition) is 4. The van der Waals surface area contributed by atoms with E-state index in [9.17, 15) is 18.0 Å². The van der Waals surface area contributed by atoms with Gasteiger partial charge in [-0.15, -0.1) is 0 Å². The van der Waals surface area contributed by atoms with Gasteiger partial charge in [0.1, 0.15) is 0 Å². The van der Waals surface area contributed by atoms with Gasteiger partial charge in [-0.05, 0) is 6.07 Å². The number of nitrogens with zero attached hydrogens (tertiary/aromatic N) is 2. The van der Waals surface area contributed by atoms with E-state index in [-0.39, 0.29) is 16.9 Å². The van der Waals surface area contributed by atoms with E-state index >= 15 is 0 Å². The van der Waals surface area contributed by atoms with Crippen LogP contribution < -0.4 is 5.56 Å². The third-order valence-corrected chi connectivity index (χ3v) is 1.71. The van der Waals surface area contributed by atoms with Crippen LogP contribution in [-0.4, -0.2) is 15.1 Å². The monoisotopic (exact) mass is 231 g/mol. The van der Waals surface area contributed by atoms with Crippen molar-refractivity contribution in [3.63, 3.8) is 0 Å². The zero-order valence-electron chi connectivity index (χ0n) is 7.58. The second kappa shape index (κ2) is 3.47. The Morgan fingerprint density at radius 3 is 2.56 bits per heavy atom. The van der Waals surface area contributed by atoms with E-state index in [0.29, 0.717) is 0 Å². The van der Waals surface area contributed by atoms with Crippen molar-refractivity contribution in [2.75, 3.05) is 0 Å². The molecule has 1 N–H and O–H groups in total. The van der Waals surface area contributed by atoms with E-state index in [1.54, 1.807) is 0 Å². The van der Waals surface area contributed by atoms with Crippen molar-refractivity contribution in [2.24, 2.45) is 0 Å². The number of hydrogen-bond donors (Lipinski definition) is 1. The van der Waals surface area contributed by atoms with Crippen molar-refractivity contribution >= 4 is 0 Å². The standard InChI is InChI=1S/C8H4F3N3O2/c9-8(10,11)7-13-6(14-16-7)4-1-2-5(15)12-3-4/h1-3H,(H,12,15). The van der Waals surface area contributed by atoms with Gasteiger partial charge in [0, 0.05) is 17.8 Å². The number of pyridine rings is 1. The van der Waals surface area contributed by atoms with E-state index in [2.05, 4.69) is 19.6 Å². The zero-order chi connectivity index (χ0) is 11.8. The summed E-state index contributed by atoms with van der Waals surface area (Å²) in [5.41, 5.74) is -0.137. The Balaban J connectivity index is 2.39. The Hall–Kier alpha value is -2.12. The van der Waals surface area contributed by atoms with Gasteiger partial charge in [0.25, 0.3) is 0 Å². The molecule has 0 aliphatic rings. The molecule has 0 spiro atoms. The number of rotatable bonds is 1. The van der Waals surface area contributed by atoms with Crippen LogP contribution in [0, 0.1) is 0 Å². The molecule has 2 rings (SSSR count). The van der Waals surface area contributed by atoms with Crippen molar-refractivity contribution in [3.8, 4) is 11.4 Å². The van der Waals surface area contributed by atoms with Crippen molar-refractivity contribution in [1.82, 2.24) is 15.1 Å². The van der Waals surface area contributed by atoms with Crippen molar-refractivity contribution in [2.45, 2.75) is 6.18 Å². The van der Waals surface area contributed by atoms with Crippen LogP contribution in [0.4, 0.5) is 13.2 Å². The van der Waals surface area contributed by atoms with Crippen LogP contribution in [0.15, 0.2) is 27.6 Å². The number of nitrogens with one attached hydrogen (secondary N) is 1. The van der Waals surface area contributed by atoms with E-state index in [1.165, 1.54) is 12.3 Å². The summed E-state index contributed by atoms with van der Waals surface area (Å²) in [6.45, 7) is 0. The van der Waals surface area contributed by atoms with Crippen LogP contribution in [-0.2, 0) is 6.18 Å². The number of alkyl halides is 3. The molecule has 0 aliphatic carbocycles. The number of halogens is 3. The van der Waals surface area contributed by atoms with Crippen LogP contribution >= 0.6 is 0 Å². The molecule has 2 aromatic rings. The fraction of sp³-hybridized carbons (Fsp3) is 0.125. The third kappa shape index (κ3) is 1.95. The Morgan fingerprint density at radius 1 is 1.31 bits per heavy atom. The Kier molecular flexibility index (Phi) is 2.26. The molecule has 0 amide bonds. The minimum atomic E-state index is -4.67. The molecule has 2 heterocycles. The van der Waals surface area contributed by atoms with Crippen molar-refractivity contribution in [3.05, 3.63) is 34.6 Å². The predicted octanol–water partition coefficient (Wildman–Crippen LogP) is 1.44. The quantitative estimate of drug-likeness (QED) is 0.806. The summed E-state index contributed by atoms with van der Waals surface area (Å²) in [4.78, 5) is 16.2. The highest BCUT2D eigenvalue weighted by Gasteiger charge is 2.38. The smallest absolute Gasteiger partial charge is 0.329 e. The summed E-state index contributed by atoms with van der Waals surface area (Å²) in [6, 6.07) is 2.45. The lowest BCUT2D eigenvalue weighted by atomic mass is 10.3. The molecular weight excluding hydrogens is 227 g/mol. The number of aromatic amines is 1. The zero-order valence-corrected chi connectivity index (χ0v) is 7.58. The third-order valence-electron chi connectivity index (χ3n) is 1.71. The lowest BCUT2D eigenvalue weighted by Crippen LogP contribution is -2.05. The molecule has 0 saturated heterocycles. The first kappa shape index (κ1) is 10.4. The molecule has 0 atom stereocenters. The predicted molar refractivity (Wildman–Crippen MR) is 45.4 cm³/mol. The highest BCUT2D eigenvalue weighted by molar-refractivity contribution is 5.51. The molecular formula is C8H4F3N3O2. The SMILES string of the molecule is O=c1ccc(-c2noc(C(F)(F)F)n2)c[nH]1. The van der Waals surface area contributed by atoms with Gasteiger partial charge in [-0.25, -0.2) is 0 Å². The highest BCUT2D eigenvalue weighted by atomic mass is 19.4. The molecule has 2 aromatic heterocycles. The maximum Gasteiger partial charge on any atom is 0.471 e. The number of aromatic nitrogens is 3. The molecule has 0 unspecified atom stereocenters. The van der Waals surface area contributed by atoms with Gasteiger partial charge in [-0.1, -0.05) is 5.16 Å². The molecule has 0 radical (unpaired) electrons. The average Bonchev–Trinajstić information content (AvgIpc) is 2.67. The minimum absolute atomic E-state index is 0.233. The summed E-state index contributed by atoms with van der Waals surface area (Å²) in [7, 11) is 0. The molecule has 0 fully saturated rings. The minimum Gasteiger partial charge on any atom is -0.329 e. The van der Waals surface area contributed by atoms with Gasteiger partial charge in [0.2, 0.25) is 11.4 Å². The second-order valence-electron chi connectivity index (χ2n) is 2.86. The van der Waals surface area contributed by atoms with Gasteiger partial charge in [0.05, 0.1) is 0 Å². The van der Waals surface area contributed by atoms with Crippen molar-refractivity contribution in [1.29, 1.82) is 0 Å². The summed E-state index contributed by atoms with van der Waals surface area (Å²) in [5, 5.41) is 3.15. The summed E-state index contributed by atoms with van der Waals surface area (Å²) in [6.07, 6.45) is -3.47. The molecule has 5 nitrogen and oxygen atoms in total. The summed E-state index contributed by atoms with van der Waals surface area (Å²) in [5.74, 6) is -1.66. The molecule has 0 saturated carbocycles. The van der Waals surface area contributed by atoms with E-state index in [4.69, 9.17) is 0 Å². The first-order valence-electron chi connectivity index (χ1n) is 4.07. The molecule has 84 valence electrons. The van der Waals surface area contributed by atoms with Crippen LogP contribution in [0.5, 0.6) is 0 Å². The van der Waals surface area contributed by atoms with Gasteiger partial charge in [0.15, 0.2) is 0 Å². The van der Waals surface area contributed by atoms with Gasteiger partial charge in [-0.3, -0.25) is 4.79 Å². The lowest BCUT2D eigenvalue weighted by molar-refractivity contribution is -0.159. The van der Waals surface area contributed by atoms with E-state index < -0.39 is 12.1 Å². The molecule has 8 heteroatoms. The normalized spacial score (nSPS) is 11.7. The van der Waals surface area contributed by atoms with Gasteiger partial charge < -0.3 is 9.51 Å². The summed E-state index contributed by atoms with van der Waals surface area (Å²) < 4.78 is 40.4. The topological polar surface area (TPSA) is 71.8 Å². The van der Waals surface area contributed by atoms with Crippen LogP contribution in [0.25, 0.3) is 11.4 Å². The van der Waals surface area contributed by atoms with Gasteiger partial charge in [-0.2, -0.15) is 18.2 Å². The molecule has 0 aromatic carbocycles. The van der Waals surface area contributed by atoms with Crippen LogP contribution in [0.2, 0.25) is 0 Å². The second-order valence-corrected chi connectivity index (χ2v) is 2.86. The van der Waals surface area contributed by atoms with E-state index in [0.717, 1.165) is 6.07 Å². The highest BCUT2D eigenvalue weighted by Crippen LogP contribution is 2.28. The van der Waals surface area contributed by atoms with Gasteiger partial charge >= 0.3 is 12.1 Å². The molecule has 16 heavy (non-hydrogen) atoms. The molecule has 0 bridgehead atoms. The lowest BCUT2D eigenvalue weighted by Gasteiger charge is -1.96. The Labute approximate surface area is 85.9 Å². The average molecular weight is 231 g/mol. The Morgan fingerprint density at radius 2 is 2.06 bits per heavy atom. The molecule has 0 aliphatic heterocycles. The van der Waals surface area contributed by atoms with Crippen LogP contribution in [0.3, 0.4) is 0 Å². The first-order chi connectivity index (χ1) is 7.47. The Bertz CT molecular complexity index is 538. The first-order valence-corrected chi connectivity index (χ1v) is 4.07. The van der Waals surface area contributed by atoms with Crippen molar-refractivity contribution < 1.29 is 17.7 Å². The fourth-order valence-corrected chi connectivity index (χ4v) is 1.01.